The quantitative estimate of drug-likeness (QED) is 0.729. The summed E-state index contributed by atoms with van der Waals surface area (Å²) in [4.78, 5) is 13.9. The van der Waals surface area contributed by atoms with Crippen molar-refractivity contribution >= 4 is 0 Å². The van der Waals surface area contributed by atoms with E-state index in [0.717, 1.165) is 6.20 Å². The Morgan fingerprint density at radius 2 is 2.23 bits per heavy atom. The highest BCUT2D eigenvalue weighted by Crippen LogP contribution is 2.14. The Hall–Kier alpha value is -1.23. The molecule has 0 saturated carbocycles. The molecule has 72 valence electrons. The Kier molecular flexibility index (Phi) is 2.77. The van der Waals surface area contributed by atoms with E-state index in [2.05, 4.69) is 4.98 Å². The number of H-pyrrole nitrogens is 1. The Bertz CT molecular complexity index is 360. The highest BCUT2D eigenvalue weighted by Gasteiger charge is 2.15. The van der Waals surface area contributed by atoms with Gasteiger partial charge in [-0.25, -0.2) is 8.78 Å². The first-order chi connectivity index (χ1) is 6.07. The first-order valence-corrected chi connectivity index (χ1v) is 3.77. The van der Waals surface area contributed by atoms with Gasteiger partial charge in [-0.1, -0.05) is 0 Å². The van der Waals surface area contributed by atoms with E-state index in [1.807, 2.05) is 0 Å². The SMILES string of the molecule is Cc1[nH]cc(C(F)F)c(=O)c1CN. The van der Waals surface area contributed by atoms with Gasteiger partial charge >= 0.3 is 0 Å². The molecule has 1 heterocycles. The lowest BCUT2D eigenvalue weighted by Crippen LogP contribution is -2.20. The van der Waals surface area contributed by atoms with Crippen molar-refractivity contribution in [3.05, 3.63) is 33.2 Å². The van der Waals surface area contributed by atoms with Crippen molar-refractivity contribution in [2.45, 2.75) is 19.9 Å². The van der Waals surface area contributed by atoms with Gasteiger partial charge in [0.25, 0.3) is 6.43 Å². The molecule has 0 spiro atoms. The van der Waals surface area contributed by atoms with E-state index in [1.54, 1.807) is 6.92 Å². The van der Waals surface area contributed by atoms with Gasteiger partial charge in [-0.05, 0) is 6.92 Å². The van der Waals surface area contributed by atoms with Gasteiger partial charge in [0.15, 0.2) is 5.43 Å². The summed E-state index contributed by atoms with van der Waals surface area (Å²) in [5.41, 5.74) is 4.83. The Balaban J connectivity index is 3.37. The molecule has 0 atom stereocenters. The number of rotatable bonds is 2. The van der Waals surface area contributed by atoms with E-state index in [4.69, 9.17) is 5.73 Å². The molecule has 1 rings (SSSR count). The molecule has 0 aliphatic rings. The molecule has 0 unspecified atom stereocenters. The van der Waals surface area contributed by atoms with Gasteiger partial charge < -0.3 is 10.7 Å². The summed E-state index contributed by atoms with van der Waals surface area (Å²) in [6.45, 7) is 1.60. The predicted molar refractivity (Wildman–Crippen MR) is 44.6 cm³/mol. The monoisotopic (exact) mass is 188 g/mol. The summed E-state index contributed by atoms with van der Waals surface area (Å²) >= 11 is 0. The van der Waals surface area contributed by atoms with Crippen LogP contribution >= 0.6 is 0 Å². The van der Waals surface area contributed by atoms with Crippen LogP contribution in [-0.2, 0) is 6.54 Å². The third-order valence-electron chi connectivity index (χ3n) is 1.87. The molecule has 0 fully saturated rings. The Labute approximate surface area is 73.6 Å². The molecule has 0 aliphatic carbocycles. The number of aromatic amines is 1. The van der Waals surface area contributed by atoms with E-state index in [-0.39, 0.29) is 12.1 Å². The van der Waals surface area contributed by atoms with E-state index in [1.165, 1.54) is 0 Å². The second-order valence-corrected chi connectivity index (χ2v) is 2.68. The summed E-state index contributed by atoms with van der Waals surface area (Å²) in [5.74, 6) is 0. The van der Waals surface area contributed by atoms with Gasteiger partial charge in [-0.3, -0.25) is 4.79 Å². The molecule has 3 N–H and O–H groups in total. The zero-order valence-electron chi connectivity index (χ0n) is 7.10. The van der Waals surface area contributed by atoms with E-state index in [0.29, 0.717) is 5.69 Å². The minimum atomic E-state index is -2.75. The topological polar surface area (TPSA) is 58.9 Å². The highest BCUT2D eigenvalue weighted by molar-refractivity contribution is 5.25. The zero-order valence-corrected chi connectivity index (χ0v) is 7.10. The van der Waals surface area contributed by atoms with Crippen LogP contribution in [0.25, 0.3) is 0 Å². The minimum Gasteiger partial charge on any atom is -0.364 e. The first-order valence-electron chi connectivity index (χ1n) is 3.77. The van der Waals surface area contributed by atoms with Crippen molar-refractivity contribution in [2.75, 3.05) is 0 Å². The van der Waals surface area contributed by atoms with Crippen LogP contribution in [0.4, 0.5) is 8.78 Å². The summed E-state index contributed by atoms with van der Waals surface area (Å²) in [5, 5.41) is 0. The standard InChI is InChI=1S/C8H10F2N2O/c1-4-5(2-11)7(13)6(3-12-4)8(9)10/h3,8H,2,11H2,1H3,(H,12,13). The maximum absolute atomic E-state index is 12.2. The molecule has 0 radical (unpaired) electrons. The van der Waals surface area contributed by atoms with Crippen LogP contribution in [0.1, 0.15) is 23.2 Å². The number of aromatic nitrogens is 1. The average Bonchev–Trinajstić information content (AvgIpc) is 2.04. The lowest BCUT2D eigenvalue weighted by atomic mass is 10.1. The van der Waals surface area contributed by atoms with Crippen LogP contribution in [0.3, 0.4) is 0 Å². The van der Waals surface area contributed by atoms with Gasteiger partial charge in [0.05, 0.1) is 5.56 Å². The van der Waals surface area contributed by atoms with E-state index in [9.17, 15) is 13.6 Å². The molecular weight excluding hydrogens is 178 g/mol. The van der Waals surface area contributed by atoms with Gasteiger partial charge in [0.2, 0.25) is 0 Å². The third-order valence-corrected chi connectivity index (χ3v) is 1.87. The highest BCUT2D eigenvalue weighted by atomic mass is 19.3. The van der Waals surface area contributed by atoms with Crippen LogP contribution in [0.2, 0.25) is 0 Å². The number of aryl methyl sites for hydroxylation is 1. The van der Waals surface area contributed by atoms with Crippen molar-refractivity contribution in [2.24, 2.45) is 5.73 Å². The van der Waals surface area contributed by atoms with Gasteiger partial charge in [0.1, 0.15) is 0 Å². The minimum absolute atomic E-state index is 0.0261. The second kappa shape index (κ2) is 3.66. The molecule has 1 aromatic heterocycles. The molecule has 0 bridgehead atoms. The summed E-state index contributed by atoms with van der Waals surface area (Å²) in [7, 11) is 0. The molecule has 3 nitrogen and oxygen atoms in total. The fourth-order valence-corrected chi connectivity index (χ4v) is 1.09. The summed E-state index contributed by atoms with van der Waals surface area (Å²) in [6.07, 6.45) is -1.73. The van der Waals surface area contributed by atoms with Crippen molar-refractivity contribution in [1.29, 1.82) is 0 Å². The number of nitrogens with one attached hydrogen (secondary N) is 1. The molecule has 13 heavy (non-hydrogen) atoms. The van der Waals surface area contributed by atoms with Crippen molar-refractivity contribution in [3.8, 4) is 0 Å². The molecule has 0 saturated heterocycles. The summed E-state index contributed by atoms with van der Waals surface area (Å²) < 4.78 is 24.4. The molecule has 0 aromatic carbocycles. The maximum Gasteiger partial charge on any atom is 0.269 e. The van der Waals surface area contributed by atoms with E-state index >= 15 is 0 Å². The number of hydrogen-bond acceptors (Lipinski definition) is 2. The smallest absolute Gasteiger partial charge is 0.269 e. The molecule has 1 aromatic rings. The van der Waals surface area contributed by atoms with Crippen LogP contribution in [0.15, 0.2) is 11.0 Å². The molecular formula is C8H10F2N2O. The van der Waals surface area contributed by atoms with Crippen molar-refractivity contribution < 1.29 is 8.78 Å². The zero-order chi connectivity index (χ0) is 10.0. The average molecular weight is 188 g/mol. The lowest BCUT2D eigenvalue weighted by Gasteiger charge is -2.04. The molecule has 0 amide bonds. The van der Waals surface area contributed by atoms with Crippen molar-refractivity contribution in [3.63, 3.8) is 0 Å². The normalized spacial score (nSPS) is 10.8. The summed E-state index contributed by atoms with van der Waals surface area (Å²) in [6, 6.07) is 0. The second-order valence-electron chi connectivity index (χ2n) is 2.68. The first kappa shape index (κ1) is 9.85. The van der Waals surface area contributed by atoms with E-state index < -0.39 is 17.4 Å². The largest absolute Gasteiger partial charge is 0.364 e. The number of hydrogen-bond donors (Lipinski definition) is 2. The molecule has 5 heteroatoms. The van der Waals surface area contributed by atoms with Gasteiger partial charge in [0, 0.05) is 24.0 Å². The number of nitrogens with two attached hydrogens (primary N) is 1. The maximum atomic E-state index is 12.2. The fourth-order valence-electron chi connectivity index (χ4n) is 1.09. The lowest BCUT2D eigenvalue weighted by molar-refractivity contribution is 0.149. The Morgan fingerprint density at radius 1 is 1.62 bits per heavy atom. The third kappa shape index (κ3) is 1.75. The van der Waals surface area contributed by atoms with Crippen LogP contribution in [-0.4, -0.2) is 4.98 Å². The van der Waals surface area contributed by atoms with Gasteiger partial charge in [-0.2, -0.15) is 0 Å². The number of halogens is 2. The fraction of sp³-hybridized carbons (Fsp3) is 0.375. The van der Waals surface area contributed by atoms with Crippen molar-refractivity contribution in [1.82, 2.24) is 4.98 Å². The van der Waals surface area contributed by atoms with Crippen LogP contribution in [0.5, 0.6) is 0 Å². The van der Waals surface area contributed by atoms with Crippen LogP contribution in [0, 0.1) is 6.92 Å². The predicted octanol–water partition coefficient (Wildman–Crippen LogP) is 1.08. The Morgan fingerprint density at radius 3 is 2.69 bits per heavy atom. The van der Waals surface area contributed by atoms with Crippen LogP contribution < -0.4 is 11.2 Å². The number of pyridine rings is 1. The molecule has 0 aliphatic heterocycles. The van der Waals surface area contributed by atoms with Gasteiger partial charge in [-0.15, -0.1) is 0 Å². The number of alkyl halides is 2.